The zero-order chi connectivity index (χ0) is 18.9. The first-order chi connectivity index (χ1) is 12.5. The molecule has 2 rings (SSSR count). The highest BCUT2D eigenvalue weighted by Gasteiger charge is 2.11. The van der Waals surface area contributed by atoms with Gasteiger partial charge in [-0.2, -0.15) is 0 Å². The fraction of sp³-hybridized carbons (Fsp3) is 0.421. The molecule has 2 aromatic rings. The smallest absolute Gasteiger partial charge is 0.274 e. The highest BCUT2D eigenvalue weighted by molar-refractivity contribution is 6.03. The Bertz CT molecular complexity index is 716. The summed E-state index contributed by atoms with van der Waals surface area (Å²) in [5.41, 5.74) is 1.77. The standard InChI is InChI=1S/C19H27N5O2/c1-5-26-16-9-7-15(8-10-16)22-18(25)17-13-14(2)21-19(23-17)20-11-6-12-24(3)4/h7-10,13H,5-6,11-12H2,1-4H3,(H,22,25)(H,20,21,23). The van der Waals surface area contributed by atoms with Gasteiger partial charge in [0.2, 0.25) is 5.95 Å². The van der Waals surface area contributed by atoms with Gasteiger partial charge in [-0.05, 0) is 71.2 Å². The number of nitrogens with one attached hydrogen (secondary N) is 2. The van der Waals surface area contributed by atoms with Gasteiger partial charge in [-0.25, -0.2) is 9.97 Å². The first-order valence-corrected chi connectivity index (χ1v) is 8.76. The van der Waals surface area contributed by atoms with Crippen molar-refractivity contribution in [1.29, 1.82) is 0 Å². The van der Waals surface area contributed by atoms with E-state index < -0.39 is 0 Å². The number of anilines is 2. The summed E-state index contributed by atoms with van der Waals surface area (Å²) in [5, 5.41) is 6.02. The van der Waals surface area contributed by atoms with Crippen LogP contribution in [0.4, 0.5) is 11.6 Å². The Labute approximate surface area is 154 Å². The van der Waals surface area contributed by atoms with Crippen LogP contribution in [-0.2, 0) is 0 Å². The minimum Gasteiger partial charge on any atom is -0.494 e. The topological polar surface area (TPSA) is 79.4 Å². The van der Waals surface area contributed by atoms with Gasteiger partial charge < -0.3 is 20.3 Å². The van der Waals surface area contributed by atoms with E-state index >= 15 is 0 Å². The molecule has 0 bridgehead atoms. The molecule has 0 aliphatic heterocycles. The van der Waals surface area contributed by atoms with E-state index in [9.17, 15) is 4.79 Å². The number of rotatable bonds is 9. The van der Waals surface area contributed by atoms with Gasteiger partial charge >= 0.3 is 0 Å². The maximum Gasteiger partial charge on any atom is 0.274 e. The summed E-state index contributed by atoms with van der Waals surface area (Å²) in [5.74, 6) is 0.976. The molecule has 1 aromatic carbocycles. The summed E-state index contributed by atoms with van der Waals surface area (Å²) in [6, 6.07) is 8.92. The van der Waals surface area contributed by atoms with Crippen LogP contribution in [-0.4, -0.2) is 54.6 Å². The summed E-state index contributed by atoms with van der Waals surface area (Å²) < 4.78 is 5.40. The Balaban J connectivity index is 1.99. The lowest BCUT2D eigenvalue weighted by Gasteiger charge is -2.11. The number of amides is 1. The molecule has 0 atom stereocenters. The number of aromatic nitrogens is 2. The molecule has 0 saturated heterocycles. The largest absolute Gasteiger partial charge is 0.494 e. The average molecular weight is 357 g/mol. The third kappa shape index (κ3) is 6.33. The Morgan fingerprint density at radius 2 is 1.92 bits per heavy atom. The molecule has 0 unspecified atom stereocenters. The average Bonchev–Trinajstić information content (AvgIpc) is 2.60. The van der Waals surface area contributed by atoms with Gasteiger partial charge in [0, 0.05) is 17.9 Å². The van der Waals surface area contributed by atoms with E-state index in [4.69, 9.17) is 4.74 Å². The van der Waals surface area contributed by atoms with Crippen molar-refractivity contribution in [2.75, 3.05) is 44.4 Å². The lowest BCUT2D eigenvalue weighted by Crippen LogP contribution is -2.19. The molecule has 26 heavy (non-hydrogen) atoms. The first kappa shape index (κ1) is 19.7. The molecule has 1 amide bonds. The van der Waals surface area contributed by atoms with E-state index in [1.807, 2.05) is 40.1 Å². The highest BCUT2D eigenvalue weighted by atomic mass is 16.5. The predicted octanol–water partition coefficient (Wildman–Crippen LogP) is 2.80. The van der Waals surface area contributed by atoms with Crippen molar-refractivity contribution in [3.8, 4) is 5.75 Å². The molecule has 2 N–H and O–H groups in total. The van der Waals surface area contributed by atoms with Gasteiger partial charge in [0.15, 0.2) is 0 Å². The van der Waals surface area contributed by atoms with Crippen molar-refractivity contribution >= 4 is 17.5 Å². The predicted molar refractivity (Wildman–Crippen MR) is 104 cm³/mol. The van der Waals surface area contributed by atoms with Crippen LogP contribution in [0, 0.1) is 6.92 Å². The van der Waals surface area contributed by atoms with Gasteiger partial charge in [0.25, 0.3) is 5.91 Å². The SMILES string of the molecule is CCOc1ccc(NC(=O)c2cc(C)nc(NCCCN(C)C)n2)cc1. The second-order valence-electron chi connectivity index (χ2n) is 6.21. The number of nitrogens with zero attached hydrogens (tertiary/aromatic N) is 3. The number of ether oxygens (including phenoxy) is 1. The lowest BCUT2D eigenvalue weighted by molar-refractivity contribution is 0.102. The second kappa shape index (κ2) is 9.72. The number of carbonyl (C=O) groups is 1. The van der Waals surface area contributed by atoms with Crippen molar-refractivity contribution in [3.05, 3.63) is 41.7 Å². The van der Waals surface area contributed by atoms with Crippen molar-refractivity contribution < 1.29 is 9.53 Å². The molecular weight excluding hydrogens is 330 g/mol. The monoisotopic (exact) mass is 357 g/mol. The Hall–Kier alpha value is -2.67. The molecule has 0 saturated carbocycles. The first-order valence-electron chi connectivity index (χ1n) is 8.76. The van der Waals surface area contributed by atoms with Crippen LogP contribution in [0.15, 0.2) is 30.3 Å². The maximum absolute atomic E-state index is 12.5. The van der Waals surface area contributed by atoms with E-state index in [1.54, 1.807) is 18.2 Å². The van der Waals surface area contributed by atoms with Crippen molar-refractivity contribution in [1.82, 2.24) is 14.9 Å². The van der Waals surface area contributed by atoms with Crippen LogP contribution >= 0.6 is 0 Å². The highest BCUT2D eigenvalue weighted by Crippen LogP contribution is 2.16. The summed E-state index contributed by atoms with van der Waals surface area (Å²) in [6.07, 6.45) is 0.970. The molecular formula is C19H27N5O2. The molecule has 0 fully saturated rings. The summed E-state index contributed by atoms with van der Waals surface area (Å²) in [4.78, 5) is 23.3. The Morgan fingerprint density at radius 3 is 2.58 bits per heavy atom. The van der Waals surface area contributed by atoms with Gasteiger partial charge in [0.1, 0.15) is 11.4 Å². The molecule has 140 valence electrons. The zero-order valence-corrected chi connectivity index (χ0v) is 15.9. The second-order valence-corrected chi connectivity index (χ2v) is 6.21. The third-order valence-corrected chi connectivity index (χ3v) is 3.58. The summed E-state index contributed by atoms with van der Waals surface area (Å²) >= 11 is 0. The van der Waals surface area contributed by atoms with Gasteiger partial charge in [-0.15, -0.1) is 0 Å². The van der Waals surface area contributed by atoms with E-state index in [1.165, 1.54) is 0 Å². The molecule has 0 aliphatic rings. The van der Waals surface area contributed by atoms with Gasteiger partial charge in [-0.3, -0.25) is 4.79 Å². The van der Waals surface area contributed by atoms with Gasteiger partial charge in [0.05, 0.1) is 6.61 Å². The number of hydrogen-bond acceptors (Lipinski definition) is 6. The van der Waals surface area contributed by atoms with Crippen LogP contribution in [0.2, 0.25) is 0 Å². The van der Waals surface area contributed by atoms with E-state index in [0.29, 0.717) is 23.9 Å². The molecule has 1 aromatic heterocycles. The minimum atomic E-state index is -0.268. The Kier molecular flexibility index (Phi) is 7.35. The van der Waals surface area contributed by atoms with E-state index in [-0.39, 0.29) is 5.91 Å². The fourth-order valence-electron chi connectivity index (χ4n) is 2.36. The van der Waals surface area contributed by atoms with E-state index in [0.717, 1.165) is 31.0 Å². The maximum atomic E-state index is 12.5. The lowest BCUT2D eigenvalue weighted by atomic mass is 10.2. The third-order valence-electron chi connectivity index (χ3n) is 3.58. The van der Waals surface area contributed by atoms with Crippen molar-refractivity contribution in [2.24, 2.45) is 0 Å². The molecule has 1 heterocycles. The van der Waals surface area contributed by atoms with E-state index in [2.05, 4.69) is 25.5 Å². The number of aryl methyl sites for hydroxylation is 1. The molecule has 7 nitrogen and oxygen atoms in total. The number of benzene rings is 1. The molecule has 0 radical (unpaired) electrons. The summed E-state index contributed by atoms with van der Waals surface area (Å²) in [6.45, 7) is 6.11. The van der Waals surface area contributed by atoms with Crippen molar-refractivity contribution in [2.45, 2.75) is 20.3 Å². The molecule has 7 heteroatoms. The minimum absolute atomic E-state index is 0.268. The van der Waals surface area contributed by atoms with Crippen LogP contribution in [0.25, 0.3) is 0 Å². The fourth-order valence-corrected chi connectivity index (χ4v) is 2.36. The van der Waals surface area contributed by atoms with Crippen LogP contribution < -0.4 is 15.4 Å². The number of carbonyl (C=O) groups excluding carboxylic acids is 1. The normalized spacial score (nSPS) is 10.7. The molecule has 0 aliphatic carbocycles. The summed E-state index contributed by atoms with van der Waals surface area (Å²) in [7, 11) is 4.07. The zero-order valence-electron chi connectivity index (χ0n) is 15.9. The quantitative estimate of drug-likeness (QED) is 0.672. The van der Waals surface area contributed by atoms with Gasteiger partial charge in [-0.1, -0.05) is 0 Å². The van der Waals surface area contributed by atoms with Crippen LogP contribution in [0.1, 0.15) is 29.5 Å². The van der Waals surface area contributed by atoms with Crippen molar-refractivity contribution in [3.63, 3.8) is 0 Å². The molecule has 0 spiro atoms. The number of hydrogen-bond donors (Lipinski definition) is 2. The van der Waals surface area contributed by atoms with Crippen LogP contribution in [0.5, 0.6) is 5.75 Å². The van der Waals surface area contributed by atoms with Crippen LogP contribution in [0.3, 0.4) is 0 Å². The Morgan fingerprint density at radius 1 is 1.19 bits per heavy atom.